The molecule has 3 nitrogen and oxygen atoms in total. The maximum absolute atomic E-state index is 11.6. The number of hydrogen-bond donors (Lipinski definition) is 2. The molecule has 1 unspecified atom stereocenters. The van der Waals surface area contributed by atoms with Crippen LogP contribution in [0.4, 0.5) is 0 Å². The second-order valence-corrected chi connectivity index (χ2v) is 5.31. The van der Waals surface area contributed by atoms with E-state index in [2.05, 4.69) is 21.2 Å². The number of aryl methyl sites for hydroxylation is 1. The van der Waals surface area contributed by atoms with Crippen LogP contribution in [-0.4, -0.2) is 12.5 Å². The van der Waals surface area contributed by atoms with Crippen molar-refractivity contribution in [1.82, 2.24) is 5.32 Å². The van der Waals surface area contributed by atoms with Crippen molar-refractivity contribution in [3.63, 3.8) is 0 Å². The number of halogens is 1. The summed E-state index contributed by atoms with van der Waals surface area (Å²) in [6.45, 7) is 5.13. The van der Waals surface area contributed by atoms with E-state index in [-0.39, 0.29) is 11.8 Å². The van der Waals surface area contributed by atoms with E-state index in [9.17, 15) is 4.79 Å². The average Bonchev–Trinajstić information content (AvgIpc) is 2.30. The fourth-order valence-electron chi connectivity index (χ4n) is 1.50. The molecule has 0 aliphatic rings. The first-order valence-corrected chi connectivity index (χ1v) is 6.54. The van der Waals surface area contributed by atoms with Crippen LogP contribution in [0.25, 0.3) is 0 Å². The predicted molar refractivity (Wildman–Crippen MR) is 73.6 cm³/mol. The highest BCUT2D eigenvalue weighted by atomic mass is 79.9. The monoisotopic (exact) mass is 298 g/mol. The van der Waals surface area contributed by atoms with E-state index in [0.29, 0.717) is 19.5 Å². The first-order valence-electron chi connectivity index (χ1n) is 5.74. The van der Waals surface area contributed by atoms with Gasteiger partial charge in [0.05, 0.1) is 0 Å². The smallest absolute Gasteiger partial charge is 0.220 e. The lowest BCUT2D eigenvalue weighted by molar-refractivity contribution is -0.122. The van der Waals surface area contributed by atoms with Gasteiger partial charge in [-0.25, -0.2) is 0 Å². The summed E-state index contributed by atoms with van der Waals surface area (Å²) in [4.78, 5) is 11.6. The highest BCUT2D eigenvalue weighted by Gasteiger charge is 2.07. The van der Waals surface area contributed by atoms with Crippen LogP contribution in [0, 0.1) is 12.8 Å². The van der Waals surface area contributed by atoms with Gasteiger partial charge in [-0.2, -0.15) is 0 Å². The van der Waals surface area contributed by atoms with Gasteiger partial charge in [0, 0.05) is 17.4 Å². The predicted octanol–water partition coefficient (Wildman–Crippen LogP) is 2.36. The van der Waals surface area contributed by atoms with Gasteiger partial charge in [0.15, 0.2) is 0 Å². The van der Waals surface area contributed by atoms with E-state index in [0.717, 1.165) is 10.0 Å². The molecule has 0 radical (unpaired) electrons. The third-order valence-electron chi connectivity index (χ3n) is 2.72. The van der Waals surface area contributed by atoms with Gasteiger partial charge in [0.25, 0.3) is 0 Å². The van der Waals surface area contributed by atoms with Gasteiger partial charge >= 0.3 is 0 Å². The molecule has 0 saturated carbocycles. The lowest BCUT2D eigenvalue weighted by Gasteiger charge is -2.11. The standard InChI is InChI=1S/C13H19BrN2O/c1-9(7-15)5-13(17)16-8-11-6-12(14)4-3-10(11)2/h3-4,6,9H,5,7-8,15H2,1-2H3,(H,16,17). The Hall–Kier alpha value is -0.870. The molecule has 0 heterocycles. The second kappa shape index (κ2) is 6.77. The van der Waals surface area contributed by atoms with E-state index in [1.165, 1.54) is 5.56 Å². The molecule has 17 heavy (non-hydrogen) atoms. The van der Waals surface area contributed by atoms with Crippen LogP contribution in [0.5, 0.6) is 0 Å². The third-order valence-corrected chi connectivity index (χ3v) is 3.22. The van der Waals surface area contributed by atoms with Crippen LogP contribution in [0.15, 0.2) is 22.7 Å². The summed E-state index contributed by atoms with van der Waals surface area (Å²) in [5.41, 5.74) is 7.80. The van der Waals surface area contributed by atoms with E-state index < -0.39 is 0 Å². The topological polar surface area (TPSA) is 55.1 Å². The molecule has 0 aliphatic carbocycles. The van der Waals surface area contributed by atoms with Crippen molar-refractivity contribution >= 4 is 21.8 Å². The van der Waals surface area contributed by atoms with Crippen molar-refractivity contribution in [2.45, 2.75) is 26.8 Å². The van der Waals surface area contributed by atoms with E-state index in [1.807, 2.05) is 32.0 Å². The number of rotatable bonds is 5. The number of carbonyl (C=O) groups is 1. The molecule has 1 amide bonds. The Bertz CT molecular complexity index is 393. The van der Waals surface area contributed by atoms with Gasteiger partial charge in [-0.3, -0.25) is 4.79 Å². The SMILES string of the molecule is Cc1ccc(Br)cc1CNC(=O)CC(C)CN. The van der Waals surface area contributed by atoms with Gasteiger partial charge in [0.2, 0.25) is 5.91 Å². The Kier molecular flexibility index (Phi) is 5.65. The van der Waals surface area contributed by atoms with Crippen LogP contribution in [0.1, 0.15) is 24.5 Å². The summed E-state index contributed by atoms with van der Waals surface area (Å²) < 4.78 is 1.03. The lowest BCUT2D eigenvalue weighted by atomic mass is 10.1. The Morgan fingerprint density at radius 3 is 2.88 bits per heavy atom. The quantitative estimate of drug-likeness (QED) is 0.877. The zero-order valence-corrected chi connectivity index (χ0v) is 11.9. The van der Waals surface area contributed by atoms with E-state index >= 15 is 0 Å². The van der Waals surface area contributed by atoms with Crippen LogP contribution < -0.4 is 11.1 Å². The first-order chi connectivity index (χ1) is 8.02. The Morgan fingerprint density at radius 1 is 1.53 bits per heavy atom. The van der Waals surface area contributed by atoms with Crippen molar-refractivity contribution in [3.8, 4) is 0 Å². The van der Waals surface area contributed by atoms with Gasteiger partial charge in [0.1, 0.15) is 0 Å². The Balaban J connectivity index is 2.50. The fourth-order valence-corrected chi connectivity index (χ4v) is 1.90. The Morgan fingerprint density at radius 2 is 2.24 bits per heavy atom. The molecule has 0 aromatic heterocycles. The molecule has 0 bridgehead atoms. The third kappa shape index (κ3) is 4.88. The second-order valence-electron chi connectivity index (χ2n) is 4.39. The molecule has 94 valence electrons. The zero-order chi connectivity index (χ0) is 12.8. The van der Waals surface area contributed by atoms with E-state index in [4.69, 9.17) is 5.73 Å². The number of hydrogen-bond acceptors (Lipinski definition) is 2. The van der Waals surface area contributed by atoms with Crippen molar-refractivity contribution in [1.29, 1.82) is 0 Å². The molecular weight excluding hydrogens is 280 g/mol. The highest BCUT2D eigenvalue weighted by Crippen LogP contribution is 2.15. The minimum Gasteiger partial charge on any atom is -0.352 e. The Labute approximate surface area is 111 Å². The molecule has 3 N–H and O–H groups in total. The zero-order valence-electron chi connectivity index (χ0n) is 10.3. The number of nitrogens with one attached hydrogen (secondary N) is 1. The van der Waals surface area contributed by atoms with Gasteiger partial charge < -0.3 is 11.1 Å². The summed E-state index contributed by atoms with van der Waals surface area (Å²) in [5, 5.41) is 2.92. The molecule has 1 rings (SSSR count). The molecule has 0 spiro atoms. The van der Waals surface area contributed by atoms with Crippen molar-refractivity contribution < 1.29 is 4.79 Å². The number of carbonyl (C=O) groups excluding carboxylic acids is 1. The molecule has 1 atom stereocenters. The van der Waals surface area contributed by atoms with Crippen LogP contribution in [-0.2, 0) is 11.3 Å². The van der Waals surface area contributed by atoms with Crippen molar-refractivity contribution in [2.75, 3.05) is 6.54 Å². The number of nitrogens with two attached hydrogens (primary N) is 1. The van der Waals surface area contributed by atoms with Crippen LogP contribution in [0.2, 0.25) is 0 Å². The van der Waals surface area contributed by atoms with Crippen LogP contribution >= 0.6 is 15.9 Å². The summed E-state index contributed by atoms with van der Waals surface area (Å²) in [5.74, 6) is 0.293. The average molecular weight is 299 g/mol. The summed E-state index contributed by atoms with van der Waals surface area (Å²) in [7, 11) is 0. The molecule has 0 fully saturated rings. The largest absolute Gasteiger partial charge is 0.352 e. The maximum atomic E-state index is 11.6. The van der Waals surface area contributed by atoms with Gasteiger partial charge in [-0.15, -0.1) is 0 Å². The normalized spacial score (nSPS) is 12.2. The number of benzene rings is 1. The first kappa shape index (κ1) is 14.2. The maximum Gasteiger partial charge on any atom is 0.220 e. The molecular formula is C13H19BrN2O. The highest BCUT2D eigenvalue weighted by molar-refractivity contribution is 9.10. The molecule has 1 aromatic rings. The molecule has 4 heteroatoms. The van der Waals surface area contributed by atoms with E-state index in [1.54, 1.807) is 0 Å². The lowest BCUT2D eigenvalue weighted by Crippen LogP contribution is -2.26. The van der Waals surface area contributed by atoms with Crippen molar-refractivity contribution in [2.24, 2.45) is 11.7 Å². The summed E-state index contributed by atoms with van der Waals surface area (Å²) >= 11 is 3.43. The minimum atomic E-state index is 0.0577. The molecule has 0 aliphatic heterocycles. The summed E-state index contributed by atoms with van der Waals surface area (Å²) in [6.07, 6.45) is 0.490. The van der Waals surface area contributed by atoms with Gasteiger partial charge in [-0.1, -0.05) is 28.9 Å². The molecule has 1 aromatic carbocycles. The van der Waals surface area contributed by atoms with Gasteiger partial charge in [-0.05, 0) is 42.6 Å². The number of amides is 1. The fraction of sp³-hybridized carbons (Fsp3) is 0.462. The van der Waals surface area contributed by atoms with Crippen LogP contribution in [0.3, 0.4) is 0 Å². The summed E-state index contributed by atoms with van der Waals surface area (Å²) in [6, 6.07) is 6.06. The molecule has 0 saturated heterocycles. The van der Waals surface area contributed by atoms with Crippen molar-refractivity contribution in [3.05, 3.63) is 33.8 Å². The minimum absolute atomic E-state index is 0.0577.